The van der Waals surface area contributed by atoms with Crippen LogP contribution in [0.3, 0.4) is 0 Å². The Kier molecular flexibility index (Phi) is 15.6. The van der Waals surface area contributed by atoms with Gasteiger partial charge < -0.3 is 9.80 Å². The molecule has 0 fully saturated rings. The Morgan fingerprint density at radius 3 is 1.33 bits per heavy atom. The molecule has 0 rings (SSSR count). The molecule has 0 saturated heterocycles. The van der Waals surface area contributed by atoms with Gasteiger partial charge in [-0.25, -0.2) is 0 Å². The molecule has 0 aromatic rings. The van der Waals surface area contributed by atoms with E-state index in [1.807, 2.05) is 21.6 Å². The molecule has 0 unspecified atom stereocenters. The first-order valence-corrected chi connectivity index (χ1v) is 12.7. The molecular weight excluding hydrogens is 377 g/mol. The van der Waals surface area contributed by atoms with Gasteiger partial charge in [0.1, 0.15) is 8.64 Å². The van der Waals surface area contributed by atoms with E-state index in [1.165, 1.54) is 6.42 Å². The van der Waals surface area contributed by atoms with Gasteiger partial charge in [-0.15, -0.1) is 0 Å². The Labute approximate surface area is 157 Å². The molecule has 0 heterocycles. The average Bonchev–Trinajstić information content (AvgIpc) is 2.48. The van der Waals surface area contributed by atoms with Crippen LogP contribution in [0.15, 0.2) is 0 Å². The van der Waals surface area contributed by atoms with Crippen LogP contribution in [0.4, 0.5) is 0 Å². The smallest absolute Gasteiger partial charge is 0.147 e. The van der Waals surface area contributed by atoms with Gasteiger partial charge in [0, 0.05) is 37.7 Å². The number of hydrogen-bond acceptors (Lipinski definition) is 6. The fraction of sp³-hybridized carbons (Fsp3) is 0.846. The van der Waals surface area contributed by atoms with E-state index < -0.39 is 0 Å². The van der Waals surface area contributed by atoms with Gasteiger partial charge >= 0.3 is 0 Å². The van der Waals surface area contributed by atoms with E-state index in [2.05, 4.69) is 37.5 Å². The van der Waals surface area contributed by atoms with Crippen LogP contribution in [-0.4, -0.2) is 56.1 Å². The van der Waals surface area contributed by atoms with Crippen molar-refractivity contribution in [3.8, 4) is 0 Å². The SMILES string of the molecule is CCN(CC)C(=S)SSCCCSSC(=S)N(CC)CC. The first-order valence-electron chi connectivity index (χ1n) is 7.27. The molecule has 0 aliphatic heterocycles. The topological polar surface area (TPSA) is 6.48 Å². The van der Waals surface area contributed by atoms with E-state index in [4.69, 9.17) is 24.4 Å². The second kappa shape index (κ2) is 14.8. The third kappa shape index (κ3) is 10.5. The van der Waals surface area contributed by atoms with Crippen molar-refractivity contribution in [1.82, 2.24) is 9.80 Å². The molecule has 124 valence electrons. The minimum Gasteiger partial charge on any atom is -0.357 e. The Hall–Kier alpha value is 1.18. The Morgan fingerprint density at radius 1 is 0.714 bits per heavy atom. The van der Waals surface area contributed by atoms with Crippen molar-refractivity contribution in [2.45, 2.75) is 34.1 Å². The summed E-state index contributed by atoms with van der Waals surface area (Å²) in [5, 5.41) is 0. The molecule has 0 radical (unpaired) electrons. The maximum Gasteiger partial charge on any atom is 0.147 e. The lowest BCUT2D eigenvalue weighted by Gasteiger charge is -2.20. The lowest BCUT2D eigenvalue weighted by atomic mass is 10.6. The molecule has 0 aromatic carbocycles. The van der Waals surface area contributed by atoms with Gasteiger partial charge in [0.25, 0.3) is 0 Å². The molecule has 0 amide bonds. The first kappa shape index (κ1) is 22.2. The van der Waals surface area contributed by atoms with Crippen LogP contribution in [0, 0.1) is 0 Å². The summed E-state index contributed by atoms with van der Waals surface area (Å²) in [6.07, 6.45) is 1.19. The number of nitrogens with zero attached hydrogens (tertiary/aromatic N) is 2. The fourth-order valence-corrected chi connectivity index (χ4v) is 7.06. The van der Waals surface area contributed by atoms with Crippen molar-refractivity contribution in [2.75, 3.05) is 37.7 Å². The quantitative estimate of drug-likeness (QED) is 0.269. The van der Waals surface area contributed by atoms with Gasteiger partial charge in [0.15, 0.2) is 0 Å². The predicted octanol–water partition coefficient (Wildman–Crippen LogP) is 5.39. The van der Waals surface area contributed by atoms with Crippen LogP contribution < -0.4 is 0 Å². The molecule has 0 atom stereocenters. The molecule has 0 spiro atoms. The highest BCUT2D eigenvalue weighted by molar-refractivity contribution is 8.84. The minimum atomic E-state index is 0.998. The first-order chi connectivity index (χ1) is 10.1. The standard InChI is InChI=1S/C13H26N2S6/c1-5-14(6-2)12(16)20-18-10-9-11-19-21-13(17)15(7-3)8-4/h5-11H2,1-4H3. The van der Waals surface area contributed by atoms with Crippen LogP contribution >= 0.6 is 67.6 Å². The third-order valence-electron chi connectivity index (χ3n) is 2.76. The summed E-state index contributed by atoms with van der Waals surface area (Å²) in [6.45, 7) is 12.6. The lowest BCUT2D eigenvalue weighted by Crippen LogP contribution is -2.26. The van der Waals surface area contributed by atoms with Gasteiger partial charge in [-0.3, -0.25) is 0 Å². The van der Waals surface area contributed by atoms with Gasteiger partial charge in [-0.2, -0.15) is 0 Å². The van der Waals surface area contributed by atoms with E-state index in [9.17, 15) is 0 Å². The van der Waals surface area contributed by atoms with E-state index in [-0.39, 0.29) is 0 Å². The summed E-state index contributed by atoms with van der Waals surface area (Å²) in [7, 11) is 7.19. The van der Waals surface area contributed by atoms with Crippen molar-refractivity contribution in [3.05, 3.63) is 0 Å². The molecule has 8 heteroatoms. The second-order valence-corrected chi connectivity index (χ2v) is 10.1. The maximum atomic E-state index is 5.40. The van der Waals surface area contributed by atoms with Crippen LogP contribution in [0.1, 0.15) is 34.1 Å². The zero-order valence-electron chi connectivity index (χ0n) is 13.3. The Balaban J connectivity index is 3.57. The summed E-state index contributed by atoms with van der Waals surface area (Å²) < 4.78 is 2.02. The van der Waals surface area contributed by atoms with E-state index in [0.717, 1.165) is 46.3 Å². The molecule has 21 heavy (non-hydrogen) atoms. The number of thiocarbonyl (C=S) groups is 2. The van der Waals surface area contributed by atoms with Gasteiger partial charge in [-0.1, -0.05) is 46.0 Å². The van der Waals surface area contributed by atoms with Crippen molar-refractivity contribution < 1.29 is 0 Å². The molecule has 0 aliphatic carbocycles. The van der Waals surface area contributed by atoms with E-state index in [0.29, 0.717) is 0 Å². The van der Waals surface area contributed by atoms with Crippen molar-refractivity contribution in [1.29, 1.82) is 0 Å². The van der Waals surface area contributed by atoms with E-state index in [1.54, 1.807) is 21.6 Å². The summed E-state index contributed by atoms with van der Waals surface area (Å²) in [5.41, 5.74) is 0. The number of rotatable bonds is 10. The predicted molar refractivity (Wildman–Crippen MR) is 116 cm³/mol. The van der Waals surface area contributed by atoms with Crippen molar-refractivity contribution >= 4 is 76.3 Å². The molecular formula is C13H26N2S6. The molecule has 2 nitrogen and oxygen atoms in total. The summed E-state index contributed by atoms with van der Waals surface area (Å²) in [4.78, 5) is 4.44. The zero-order chi connectivity index (χ0) is 16.1. The van der Waals surface area contributed by atoms with Crippen LogP contribution in [-0.2, 0) is 0 Å². The van der Waals surface area contributed by atoms with Gasteiger partial charge in [0.05, 0.1) is 0 Å². The summed E-state index contributed by atoms with van der Waals surface area (Å²) in [5.74, 6) is 2.27. The van der Waals surface area contributed by atoms with Crippen molar-refractivity contribution in [2.24, 2.45) is 0 Å². The second-order valence-electron chi connectivity index (χ2n) is 4.04. The summed E-state index contributed by atoms with van der Waals surface area (Å²) in [6, 6.07) is 0. The third-order valence-corrected chi connectivity index (χ3v) is 9.01. The minimum absolute atomic E-state index is 0.998. The summed E-state index contributed by atoms with van der Waals surface area (Å²) >= 11 is 10.8. The van der Waals surface area contributed by atoms with Crippen LogP contribution in [0.25, 0.3) is 0 Å². The average molecular weight is 403 g/mol. The highest BCUT2D eigenvalue weighted by Gasteiger charge is 2.07. The molecule has 0 N–H and O–H groups in total. The van der Waals surface area contributed by atoms with Gasteiger partial charge in [-0.05, 0) is 55.7 Å². The van der Waals surface area contributed by atoms with Crippen LogP contribution in [0.2, 0.25) is 0 Å². The monoisotopic (exact) mass is 402 g/mol. The van der Waals surface area contributed by atoms with E-state index >= 15 is 0 Å². The lowest BCUT2D eigenvalue weighted by molar-refractivity contribution is 0.482. The van der Waals surface area contributed by atoms with Crippen molar-refractivity contribution in [3.63, 3.8) is 0 Å². The largest absolute Gasteiger partial charge is 0.357 e. The fourth-order valence-electron chi connectivity index (χ4n) is 1.43. The Morgan fingerprint density at radius 2 is 1.05 bits per heavy atom. The van der Waals surface area contributed by atoms with Gasteiger partial charge in [0.2, 0.25) is 0 Å². The molecule has 0 aromatic heterocycles. The Bertz CT molecular complexity index is 264. The molecule has 0 aliphatic rings. The van der Waals surface area contributed by atoms with Crippen LogP contribution in [0.5, 0.6) is 0 Å². The number of hydrogen-bond donors (Lipinski definition) is 0. The maximum absolute atomic E-state index is 5.40. The normalized spacial score (nSPS) is 10.5. The highest BCUT2D eigenvalue weighted by Crippen LogP contribution is 2.29. The zero-order valence-corrected chi connectivity index (χ0v) is 18.2. The highest BCUT2D eigenvalue weighted by atomic mass is 33.1. The molecule has 0 bridgehead atoms. The molecule has 0 saturated carbocycles.